The van der Waals surface area contributed by atoms with Gasteiger partial charge in [-0.05, 0) is 30.4 Å². The van der Waals surface area contributed by atoms with Crippen LogP contribution in [0.1, 0.15) is 37.8 Å². The van der Waals surface area contributed by atoms with Crippen molar-refractivity contribution >= 4 is 5.91 Å². The number of carbonyl (C=O) groups is 1. The molecule has 1 aliphatic rings. The number of amides is 1. The van der Waals surface area contributed by atoms with Crippen molar-refractivity contribution in [3.63, 3.8) is 0 Å². The Morgan fingerprint density at radius 1 is 1.30 bits per heavy atom. The van der Waals surface area contributed by atoms with Crippen LogP contribution in [0.3, 0.4) is 0 Å². The first kappa shape index (κ1) is 17.7. The summed E-state index contributed by atoms with van der Waals surface area (Å²) in [6.45, 7) is 6.81. The van der Waals surface area contributed by atoms with Crippen LogP contribution in [0.4, 0.5) is 0 Å². The second-order valence-electron chi connectivity index (χ2n) is 6.16. The molecular formula is C19H28N2O2. The molecule has 1 atom stereocenters. The highest BCUT2D eigenvalue weighted by Crippen LogP contribution is 2.18. The molecule has 4 nitrogen and oxygen atoms in total. The molecule has 1 aromatic rings. The van der Waals surface area contributed by atoms with Crippen molar-refractivity contribution in [1.29, 1.82) is 0 Å². The van der Waals surface area contributed by atoms with Crippen LogP contribution in [-0.4, -0.2) is 41.7 Å². The molecule has 1 aromatic carbocycles. The number of rotatable bonds is 7. The predicted octanol–water partition coefficient (Wildman–Crippen LogP) is 2.27. The standard InChI is InChI=1S/C19H28N2O2/c1-3-15(4-2)11-19(23)20-12-18(22)14-21-10-9-16-7-5-6-8-17(16)13-21/h5-8,11,18,22H,3-4,9-10,12-14H2,1-2H3,(H,20,23). The van der Waals surface area contributed by atoms with Gasteiger partial charge in [-0.25, -0.2) is 0 Å². The summed E-state index contributed by atoms with van der Waals surface area (Å²) < 4.78 is 0. The third kappa shape index (κ3) is 5.48. The lowest BCUT2D eigenvalue weighted by Gasteiger charge is -2.30. The Kier molecular flexibility index (Phi) is 6.81. The van der Waals surface area contributed by atoms with Gasteiger partial charge in [0, 0.05) is 32.3 Å². The first-order chi connectivity index (χ1) is 11.1. The second-order valence-corrected chi connectivity index (χ2v) is 6.16. The normalized spacial score (nSPS) is 15.6. The van der Waals surface area contributed by atoms with E-state index >= 15 is 0 Å². The van der Waals surface area contributed by atoms with E-state index in [0.717, 1.165) is 37.9 Å². The molecule has 1 amide bonds. The Morgan fingerprint density at radius 2 is 2.00 bits per heavy atom. The van der Waals surface area contributed by atoms with Crippen molar-refractivity contribution in [3.05, 3.63) is 47.0 Å². The Hall–Kier alpha value is -1.65. The predicted molar refractivity (Wildman–Crippen MR) is 93.1 cm³/mol. The average Bonchev–Trinajstić information content (AvgIpc) is 2.57. The summed E-state index contributed by atoms with van der Waals surface area (Å²) in [5.41, 5.74) is 3.88. The van der Waals surface area contributed by atoms with Gasteiger partial charge in [-0.1, -0.05) is 43.7 Å². The molecule has 0 aliphatic carbocycles. The molecule has 0 bridgehead atoms. The van der Waals surface area contributed by atoms with Crippen LogP contribution < -0.4 is 5.32 Å². The highest BCUT2D eigenvalue weighted by atomic mass is 16.3. The number of β-amino-alcohol motifs (C(OH)–C–C–N with tert-alkyl or cyclic N) is 1. The van der Waals surface area contributed by atoms with Gasteiger partial charge in [-0.3, -0.25) is 9.69 Å². The third-order valence-electron chi connectivity index (χ3n) is 4.43. The van der Waals surface area contributed by atoms with Gasteiger partial charge >= 0.3 is 0 Å². The molecule has 4 heteroatoms. The van der Waals surface area contributed by atoms with Crippen LogP contribution in [0, 0.1) is 0 Å². The minimum Gasteiger partial charge on any atom is -0.390 e. The van der Waals surface area contributed by atoms with Gasteiger partial charge < -0.3 is 10.4 Å². The average molecular weight is 316 g/mol. The van der Waals surface area contributed by atoms with E-state index in [0.29, 0.717) is 13.1 Å². The van der Waals surface area contributed by atoms with E-state index < -0.39 is 6.10 Å². The number of hydrogen-bond acceptors (Lipinski definition) is 3. The van der Waals surface area contributed by atoms with Crippen molar-refractivity contribution in [2.45, 2.75) is 45.8 Å². The van der Waals surface area contributed by atoms with Crippen LogP contribution in [0.2, 0.25) is 0 Å². The van der Waals surface area contributed by atoms with Crippen molar-refractivity contribution in [2.24, 2.45) is 0 Å². The van der Waals surface area contributed by atoms with Crippen LogP contribution in [0.15, 0.2) is 35.9 Å². The molecular weight excluding hydrogens is 288 g/mol. The number of carbonyl (C=O) groups excluding carboxylic acids is 1. The van der Waals surface area contributed by atoms with Crippen molar-refractivity contribution in [3.8, 4) is 0 Å². The number of hydrogen-bond donors (Lipinski definition) is 2. The number of aliphatic hydroxyl groups is 1. The molecule has 0 radical (unpaired) electrons. The van der Waals surface area contributed by atoms with Gasteiger partial charge in [0.25, 0.3) is 0 Å². The Balaban J connectivity index is 1.76. The number of benzene rings is 1. The molecule has 1 unspecified atom stereocenters. The largest absolute Gasteiger partial charge is 0.390 e. The van der Waals surface area contributed by atoms with Crippen molar-refractivity contribution in [1.82, 2.24) is 10.2 Å². The summed E-state index contributed by atoms with van der Waals surface area (Å²) in [7, 11) is 0. The number of nitrogens with one attached hydrogen (secondary N) is 1. The fourth-order valence-corrected chi connectivity index (χ4v) is 2.98. The van der Waals surface area contributed by atoms with E-state index in [1.807, 2.05) is 13.8 Å². The van der Waals surface area contributed by atoms with Gasteiger partial charge in [0.05, 0.1) is 6.10 Å². The summed E-state index contributed by atoms with van der Waals surface area (Å²) in [6.07, 6.45) is 3.92. The fourth-order valence-electron chi connectivity index (χ4n) is 2.98. The third-order valence-corrected chi connectivity index (χ3v) is 4.43. The Bertz CT molecular complexity index is 548. The van der Waals surface area contributed by atoms with Gasteiger partial charge in [0.15, 0.2) is 0 Å². The van der Waals surface area contributed by atoms with Crippen LogP contribution in [0.25, 0.3) is 0 Å². The SMILES string of the molecule is CCC(=CC(=O)NCC(O)CN1CCc2ccccc2C1)CC. The lowest BCUT2D eigenvalue weighted by Crippen LogP contribution is -2.41. The molecule has 23 heavy (non-hydrogen) atoms. The maximum absolute atomic E-state index is 11.8. The Labute approximate surface area is 139 Å². The fraction of sp³-hybridized carbons (Fsp3) is 0.526. The molecule has 0 spiro atoms. The maximum atomic E-state index is 11.8. The summed E-state index contributed by atoms with van der Waals surface area (Å²) in [6, 6.07) is 8.46. The molecule has 0 saturated carbocycles. The van der Waals surface area contributed by atoms with Crippen LogP contribution in [0.5, 0.6) is 0 Å². The van der Waals surface area contributed by atoms with E-state index in [1.54, 1.807) is 6.08 Å². The van der Waals surface area contributed by atoms with E-state index in [2.05, 4.69) is 34.5 Å². The highest BCUT2D eigenvalue weighted by Gasteiger charge is 2.18. The first-order valence-corrected chi connectivity index (χ1v) is 8.56. The van der Waals surface area contributed by atoms with Gasteiger partial charge in [0.2, 0.25) is 5.91 Å². The quantitative estimate of drug-likeness (QED) is 0.759. The molecule has 1 aliphatic heterocycles. The molecule has 0 fully saturated rings. The lowest BCUT2D eigenvalue weighted by molar-refractivity contribution is -0.117. The highest BCUT2D eigenvalue weighted by molar-refractivity contribution is 5.88. The van der Waals surface area contributed by atoms with E-state index in [4.69, 9.17) is 0 Å². The smallest absolute Gasteiger partial charge is 0.244 e. The van der Waals surface area contributed by atoms with E-state index in [9.17, 15) is 9.90 Å². The van der Waals surface area contributed by atoms with Crippen LogP contribution >= 0.6 is 0 Å². The zero-order chi connectivity index (χ0) is 16.7. The minimum absolute atomic E-state index is 0.105. The number of fused-ring (bicyclic) bond motifs is 1. The molecule has 2 rings (SSSR count). The number of nitrogens with zero attached hydrogens (tertiary/aromatic N) is 1. The molecule has 0 aromatic heterocycles. The molecule has 126 valence electrons. The summed E-state index contributed by atoms with van der Waals surface area (Å²) in [5.74, 6) is -0.105. The van der Waals surface area contributed by atoms with E-state index in [-0.39, 0.29) is 5.91 Å². The zero-order valence-corrected chi connectivity index (χ0v) is 14.2. The van der Waals surface area contributed by atoms with Crippen LogP contribution in [-0.2, 0) is 17.8 Å². The maximum Gasteiger partial charge on any atom is 0.244 e. The first-order valence-electron chi connectivity index (χ1n) is 8.56. The van der Waals surface area contributed by atoms with Crippen molar-refractivity contribution < 1.29 is 9.90 Å². The van der Waals surface area contributed by atoms with Gasteiger partial charge in [-0.2, -0.15) is 0 Å². The zero-order valence-electron chi connectivity index (χ0n) is 14.2. The lowest BCUT2D eigenvalue weighted by atomic mass is 10.00. The minimum atomic E-state index is -0.538. The Morgan fingerprint density at radius 3 is 2.70 bits per heavy atom. The second kappa shape index (κ2) is 8.85. The molecule has 2 N–H and O–H groups in total. The van der Waals surface area contributed by atoms with Gasteiger partial charge in [0.1, 0.15) is 0 Å². The van der Waals surface area contributed by atoms with Crippen molar-refractivity contribution in [2.75, 3.05) is 19.6 Å². The number of allylic oxidation sites excluding steroid dienone is 1. The van der Waals surface area contributed by atoms with Gasteiger partial charge in [-0.15, -0.1) is 0 Å². The number of aliphatic hydroxyl groups excluding tert-OH is 1. The topological polar surface area (TPSA) is 52.6 Å². The summed E-state index contributed by atoms with van der Waals surface area (Å²) in [5, 5.41) is 13.0. The molecule has 1 heterocycles. The molecule has 0 saturated heterocycles. The van der Waals surface area contributed by atoms with E-state index in [1.165, 1.54) is 11.1 Å². The summed E-state index contributed by atoms with van der Waals surface area (Å²) in [4.78, 5) is 14.1. The summed E-state index contributed by atoms with van der Waals surface area (Å²) >= 11 is 0. The monoisotopic (exact) mass is 316 g/mol.